The maximum Gasteiger partial charge on any atom is 0.176 e. The van der Waals surface area contributed by atoms with E-state index in [9.17, 15) is 0 Å². The van der Waals surface area contributed by atoms with E-state index >= 15 is 0 Å². The first-order chi connectivity index (χ1) is 7.97. The molecule has 3 heterocycles. The molecular weight excluding hydrogens is 226 g/mol. The molecule has 0 unspecified atom stereocenters. The van der Waals surface area contributed by atoms with Crippen LogP contribution in [-0.2, 0) is 23.7 Å². The van der Waals surface area contributed by atoms with Gasteiger partial charge in [-0.1, -0.05) is 0 Å². The molecular formula is C11H19NO5. The molecule has 0 amide bonds. The number of rotatable bonds is 2. The van der Waals surface area contributed by atoms with Gasteiger partial charge in [-0.2, -0.15) is 0 Å². The highest BCUT2D eigenvalue weighted by Crippen LogP contribution is 2.45. The molecule has 2 N–H and O–H groups in total. The van der Waals surface area contributed by atoms with Gasteiger partial charge in [0.25, 0.3) is 0 Å². The van der Waals surface area contributed by atoms with Crippen molar-refractivity contribution in [1.82, 2.24) is 0 Å². The molecule has 3 saturated heterocycles. The number of fused-ring (bicyclic) bond motifs is 4. The average Bonchev–Trinajstić information content (AvgIpc) is 2.78. The summed E-state index contributed by atoms with van der Waals surface area (Å²) in [5.74, 6) is -0.637. The topological polar surface area (TPSA) is 72.2 Å². The third-order valence-electron chi connectivity index (χ3n) is 3.57. The highest BCUT2D eigenvalue weighted by molar-refractivity contribution is 5.09. The van der Waals surface area contributed by atoms with E-state index in [-0.39, 0.29) is 18.2 Å². The fraction of sp³-hybridized carbons (Fsp3) is 1.00. The number of hydrogen-bond donors (Lipinski definition) is 1. The van der Waals surface area contributed by atoms with Crippen molar-refractivity contribution in [1.29, 1.82) is 0 Å². The van der Waals surface area contributed by atoms with Crippen molar-refractivity contribution < 1.29 is 23.7 Å². The second-order valence-corrected chi connectivity index (χ2v) is 5.39. The third kappa shape index (κ3) is 1.63. The highest BCUT2D eigenvalue weighted by Gasteiger charge is 2.64. The van der Waals surface area contributed by atoms with E-state index in [2.05, 4.69) is 0 Å². The Labute approximate surface area is 100 Å². The summed E-state index contributed by atoms with van der Waals surface area (Å²) in [5.41, 5.74) is 5.49. The number of hydrogen-bond acceptors (Lipinski definition) is 6. The number of nitrogens with two attached hydrogens (primary N) is 1. The van der Waals surface area contributed by atoms with Crippen molar-refractivity contribution in [3.8, 4) is 0 Å². The second kappa shape index (κ2) is 3.63. The fourth-order valence-electron chi connectivity index (χ4n) is 2.90. The van der Waals surface area contributed by atoms with Crippen molar-refractivity contribution >= 4 is 0 Å². The quantitative estimate of drug-likeness (QED) is 0.714. The SMILES string of the molecule is COC[C@@]12CO[C@@H](O1)[C@H](N)[C@H]1OC(C)(C)O[C@H]12. The van der Waals surface area contributed by atoms with Crippen molar-refractivity contribution in [3.63, 3.8) is 0 Å². The summed E-state index contributed by atoms with van der Waals surface area (Å²) in [6.07, 6.45) is -0.878. The first kappa shape index (κ1) is 11.8. The van der Waals surface area contributed by atoms with Crippen molar-refractivity contribution in [2.45, 2.75) is 49.8 Å². The van der Waals surface area contributed by atoms with Gasteiger partial charge in [0.05, 0.1) is 19.3 Å². The molecule has 3 aliphatic rings. The summed E-state index contributed by atoms with van der Waals surface area (Å²) in [6.45, 7) is 4.61. The Bertz CT molecular complexity index is 323. The molecule has 3 aliphatic heterocycles. The molecule has 0 aromatic heterocycles. The lowest BCUT2D eigenvalue weighted by molar-refractivity contribution is -0.206. The van der Waals surface area contributed by atoms with Gasteiger partial charge in [0.1, 0.15) is 17.8 Å². The lowest BCUT2D eigenvalue weighted by Gasteiger charge is -2.40. The van der Waals surface area contributed by atoms with E-state index in [1.165, 1.54) is 0 Å². The minimum Gasteiger partial charge on any atom is -0.381 e. The summed E-state index contributed by atoms with van der Waals surface area (Å²) in [4.78, 5) is 0. The highest BCUT2D eigenvalue weighted by atomic mass is 16.8. The Kier molecular flexibility index (Phi) is 2.52. The molecule has 0 aromatic carbocycles. The molecule has 5 atom stereocenters. The molecule has 0 saturated carbocycles. The Morgan fingerprint density at radius 2 is 2.06 bits per heavy atom. The Morgan fingerprint density at radius 1 is 1.29 bits per heavy atom. The van der Waals surface area contributed by atoms with E-state index in [1.54, 1.807) is 7.11 Å². The van der Waals surface area contributed by atoms with Crippen LogP contribution in [0.2, 0.25) is 0 Å². The van der Waals surface area contributed by atoms with Gasteiger partial charge in [0.15, 0.2) is 12.1 Å². The normalized spacial score (nSPS) is 51.5. The largest absolute Gasteiger partial charge is 0.381 e. The Balaban J connectivity index is 1.92. The number of methoxy groups -OCH3 is 1. The van der Waals surface area contributed by atoms with Crippen LogP contribution in [0.3, 0.4) is 0 Å². The maximum absolute atomic E-state index is 6.08. The summed E-state index contributed by atoms with van der Waals surface area (Å²) >= 11 is 0. The Morgan fingerprint density at radius 3 is 2.76 bits per heavy atom. The van der Waals surface area contributed by atoms with Crippen LogP contribution in [0, 0.1) is 0 Å². The molecule has 6 nitrogen and oxygen atoms in total. The zero-order valence-corrected chi connectivity index (χ0v) is 10.3. The summed E-state index contributed by atoms with van der Waals surface area (Å²) in [7, 11) is 1.63. The second-order valence-electron chi connectivity index (χ2n) is 5.39. The molecule has 3 rings (SSSR count). The number of ether oxygens (including phenoxy) is 5. The van der Waals surface area contributed by atoms with Crippen molar-refractivity contribution in [2.24, 2.45) is 5.73 Å². The molecule has 0 aromatic rings. The molecule has 0 aliphatic carbocycles. The van der Waals surface area contributed by atoms with Gasteiger partial charge in [-0.05, 0) is 13.8 Å². The van der Waals surface area contributed by atoms with Crippen LogP contribution >= 0.6 is 0 Å². The van der Waals surface area contributed by atoms with Gasteiger partial charge >= 0.3 is 0 Å². The smallest absolute Gasteiger partial charge is 0.176 e. The summed E-state index contributed by atoms with van der Waals surface area (Å²) < 4.78 is 28.4. The van der Waals surface area contributed by atoms with E-state index < -0.39 is 17.7 Å². The lowest BCUT2D eigenvalue weighted by Crippen LogP contribution is -2.63. The van der Waals surface area contributed by atoms with Gasteiger partial charge < -0.3 is 29.4 Å². The zero-order valence-electron chi connectivity index (χ0n) is 10.3. The molecule has 0 spiro atoms. The zero-order chi connectivity index (χ0) is 12.3. The minimum atomic E-state index is -0.637. The maximum atomic E-state index is 6.08. The molecule has 2 bridgehead atoms. The van der Waals surface area contributed by atoms with Crippen LogP contribution in [0.4, 0.5) is 0 Å². The van der Waals surface area contributed by atoms with Gasteiger partial charge in [-0.3, -0.25) is 0 Å². The lowest BCUT2D eigenvalue weighted by atomic mass is 9.89. The standard InChI is InChI=1S/C11H19NO5/c1-10(2)15-7-6(12)9-14-5-11(17-9,4-13-3)8(7)16-10/h6-9H,4-5,12H2,1-3H3/t6-,7-,8-,9+,11+/m1/s1. The van der Waals surface area contributed by atoms with Crippen LogP contribution in [0.25, 0.3) is 0 Å². The van der Waals surface area contributed by atoms with Gasteiger partial charge in [-0.15, -0.1) is 0 Å². The van der Waals surface area contributed by atoms with E-state index in [1.807, 2.05) is 13.8 Å². The van der Waals surface area contributed by atoms with Crippen LogP contribution in [0.1, 0.15) is 13.8 Å². The van der Waals surface area contributed by atoms with E-state index in [0.717, 1.165) is 0 Å². The van der Waals surface area contributed by atoms with Crippen LogP contribution in [-0.4, -0.2) is 56.3 Å². The first-order valence-corrected chi connectivity index (χ1v) is 5.87. The van der Waals surface area contributed by atoms with Gasteiger partial charge in [0.2, 0.25) is 0 Å². The molecule has 0 radical (unpaired) electrons. The molecule has 98 valence electrons. The predicted molar refractivity (Wildman–Crippen MR) is 57.2 cm³/mol. The van der Waals surface area contributed by atoms with E-state index in [4.69, 9.17) is 29.4 Å². The molecule has 17 heavy (non-hydrogen) atoms. The summed E-state index contributed by atoms with van der Waals surface area (Å²) in [5, 5.41) is 0. The Hall–Kier alpha value is -0.240. The average molecular weight is 245 g/mol. The van der Waals surface area contributed by atoms with Crippen LogP contribution in [0.15, 0.2) is 0 Å². The monoisotopic (exact) mass is 245 g/mol. The third-order valence-corrected chi connectivity index (χ3v) is 3.57. The van der Waals surface area contributed by atoms with Crippen molar-refractivity contribution in [2.75, 3.05) is 20.3 Å². The predicted octanol–water partition coefficient (Wildman–Crippen LogP) is -0.394. The first-order valence-electron chi connectivity index (χ1n) is 5.87. The van der Waals surface area contributed by atoms with E-state index in [0.29, 0.717) is 13.2 Å². The van der Waals surface area contributed by atoms with Crippen molar-refractivity contribution in [3.05, 3.63) is 0 Å². The van der Waals surface area contributed by atoms with Crippen LogP contribution in [0.5, 0.6) is 0 Å². The summed E-state index contributed by atoms with van der Waals surface area (Å²) in [6, 6.07) is -0.325. The molecule has 6 heteroatoms. The van der Waals surface area contributed by atoms with Gasteiger partial charge in [-0.25, -0.2) is 0 Å². The molecule has 3 fully saturated rings. The van der Waals surface area contributed by atoms with Gasteiger partial charge in [0, 0.05) is 7.11 Å². The van der Waals surface area contributed by atoms with Crippen LogP contribution < -0.4 is 5.73 Å². The fourth-order valence-corrected chi connectivity index (χ4v) is 2.90. The minimum absolute atomic E-state index is 0.207.